The smallest absolute Gasteiger partial charge is 0.235 e. The van der Waals surface area contributed by atoms with Crippen molar-refractivity contribution in [3.05, 3.63) is 30.1 Å². The summed E-state index contributed by atoms with van der Waals surface area (Å²) in [5.41, 5.74) is 1.34. The van der Waals surface area contributed by atoms with Gasteiger partial charge in [-0.05, 0) is 73.8 Å². The lowest BCUT2D eigenvalue weighted by Gasteiger charge is -2.58. The minimum atomic E-state index is 0.378. The van der Waals surface area contributed by atoms with Gasteiger partial charge >= 0.3 is 0 Å². The van der Waals surface area contributed by atoms with Crippen LogP contribution in [0, 0.1) is 23.2 Å². The van der Waals surface area contributed by atoms with Gasteiger partial charge in [0.15, 0.2) is 0 Å². The van der Waals surface area contributed by atoms with Crippen molar-refractivity contribution in [2.45, 2.75) is 44.6 Å². The van der Waals surface area contributed by atoms with Crippen molar-refractivity contribution >= 4 is 5.90 Å². The van der Waals surface area contributed by atoms with Crippen molar-refractivity contribution in [3.8, 4) is 0 Å². The quantitative estimate of drug-likeness (QED) is 0.832. The van der Waals surface area contributed by atoms with Gasteiger partial charge in [0, 0.05) is 6.20 Å². The second-order valence-corrected chi connectivity index (χ2v) is 7.76. The molecular formula is C18H22N2O. The first-order chi connectivity index (χ1) is 10.3. The van der Waals surface area contributed by atoms with Gasteiger partial charge in [0.25, 0.3) is 0 Å². The first-order valence-corrected chi connectivity index (χ1v) is 8.43. The van der Waals surface area contributed by atoms with E-state index in [0.717, 1.165) is 36.0 Å². The Balaban J connectivity index is 1.45. The largest absolute Gasteiger partial charge is 0.474 e. The molecule has 1 aromatic rings. The maximum atomic E-state index is 5.93. The summed E-state index contributed by atoms with van der Waals surface area (Å²) in [6, 6.07) is 6.32. The van der Waals surface area contributed by atoms with Crippen molar-refractivity contribution in [2.75, 3.05) is 6.61 Å². The molecule has 4 bridgehead atoms. The summed E-state index contributed by atoms with van der Waals surface area (Å²) in [4.78, 5) is 9.37. The fourth-order valence-electron chi connectivity index (χ4n) is 5.90. The molecule has 4 fully saturated rings. The molecule has 2 heterocycles. The molecular weight excluding hydrogens is 260 g/mol. The van der Waals surface area contributed by atoms with Gasteiger partial charge in [0.1, 0.15) is 12.3 Å². The molecule has 110 valence electrons. The van der Waals surface area contributed by atoms with E-state index >= 15 is 0 Å². The zero-order chi connectivity index (χ0) is 13.9. The summed E-state index contributed by atoms with van der Waals surface area (Å²) in [6.45, 7) is 0.776. The van der Waals surface area contributed by atoms with E-state index in [4.69, 9.17) is 9.73 Å². The molecule has 0 amide bonds. The highest BCUT2D eigenvalue weighted by Gasteiger charge is 2.55. The molecule has 1 aromatic heterocycles. The lowest BCUT2D eigenvalue weighted by atomic mass is 9.48. The second-order valence-electron chi connectivity index (χ2n) is 7.76. The van der Waals surface area contributed by atoms with Crippen LogP contribution in [0.2, 0.25) is 0 Å². The summed E-state index contributed by atoms with van der Waals surface area (Å²) in [5.74, 6) is 3.71. The third-order valence-electron chi connectivity index (χ3n) is 6.33. The minimum Gasteiger partial charge on any atom is -0.474 e. The molecule has 4 saturated carbocycles. The van der Waals surface area contributed by atoms with Crippen LogP contribution in [0.5, 0.6) is 0 Å². The molecule has 3 heteroatoms. The highest BCUT2D eigenvalue weighted by atomic mass is 16.5. The molecule has 0 aromatic carbocycles. The van der Waals surface area contributed by atoms with E-state index < -0.39 is 0 Å². The van der Waals surface area contributed by atoms with Crippen LogP contribution in [-0.2, 0) is 4.74 Å². The fraction of sp³-hybridized carbons (Fsp3) is 0.667. The zero-order valence-corrected chi connectivity index (χ0v) is 12.4. The first-order valence-electron chi connectivity index (χ1n) is 8.43. The highest BCUT2D eigenvalue weighted by molar-refractivity contribution is 5.93. The first kappa shape index (κ1) is 12.2. The maximum absolute atomic E-state index is 5.93. The average Bonchev–Trinajstić information content (AvgIpc) is 2.97. The van der Waals surface area contributed by atoms with Crippen molar-refractivity contribution in [3.63, 3.8) is 0 Å². The summed E-state index contributed by atoms with van der Waals surface area (Å²) < 4.78 is 5.93. The molecule has 1 aliphatic heterocycles. The van der Waals surface area contributed by atoms with E-state index in [1.165, 1.54) is 38.5 Å². The van der Waals surface area contributed by atoms with E-state index in [1.54, 1.807) is 0 Å². The van der Waals surface area contributed by atoms with Crippen molar-refractivity contribution in [1.29, 1.82) is 0 Å². The fourth-order valence-corrected chi connectivity index (χ4v) is 5.90. The number of hydrogen-bond donors (Lipinski definition) is 0. The molecule has 0 spiro atoms. The number of aliphatic imine (C=N–C) groups is 1. The second kappa shape index (κ2) is 4.31. The van der Waals surface area contributed by atoms with E-state index in [9.17, 15) is 0 Å². The van der Waals surface area contributed by atoms with Crippen LogP contribution in [0.4, 0.5) is 0 Å². The number of hydrogen-bond acceptors (Lipinski definition) is 3. The standard InChI is InChI=1S/C18H22N2O/c1-2-4-19-15(3-1)17-20-16(11-21-17)18-8-12-5-13(9-18)7-14(6-12)10-18/h1-4,12-14,16H,5-11H2/t12?,13?,14?,16-,18?/m1/s1. The molecule has 1 atom stereocenters. The molecule has 21 heavy (non-hydrogen) atoms. The molecule has 0 unspecified atom stereocenters. The van der Waals surface area contributed by atoms with Crippen LogP contribution in [-0.4, -0.2) is 23.5 Å². The Labute approximate surface area is 125 Å². The van der Waals surface area contributed by atoms with Crippen molar-refractivity contribution in [1.82, 2.24) is 4.98 Å². The predicted molar refractivity (Wildman–Crippen MR) is 81.1 cm³/mol. The molecule has 6 rings (SSSR count). The summed E-state index contributed by atoms with van der Waals surface area (Å²) >= 11 is 0. The summed E-state index contributed by atoms with van der Waals surface area (Å²) in [7, 11) is 0. The van der Waals surface area contributed by atoms with Crippen LogP contribution in [0.1, 0.15) is 44.2 Å². The number of aromatic nitrogens is 1. The Morgan fingerprint density at radius 2 is 1.71 bits per heavy atom. The van der Waals surface area contributed by atoms with Gasteiger partial charge < -0.3 is 4.74 Å². The van der Waals surface area contributed by atoms with Crippen molar-refractivity contribution < 1.29 is 4.74 Å². The lowest BCUT2D eigenvalue weighted by Crippen LogP contribution is -2.51. The SMILES string of the molecule is c1ccc(C2=N[C@@H](C34CC5CC(CC(C5)C3)C4)CO2)nc1. The maximum Gasteiger partial charge on any atom is 0.235 e. The molecule has 0 radical (unpaired) electrons. The molecule has 0 N–H and O–H groups in total. The minimum absolute atomic E-state index is 0.378. The lowest BCUT2D eigenvalue weighted by molar-refractivity contribution is -0.0691. The Bertz CT molecular complexity index is 545. The number of ether oxygens (including phenoxy) is 1. The van der Waals surface area contributed by atoms with E-state index in [-0.39, 0.29) is 0 Å². The van der Waals surface area contributed by atoms with Crippen LogP contribution in [0.3, 0.4) is 0 Å². The van der Waals surface area contributed by atoms with Gasteiger partial charge in [-0.25, -0.2) is 4.99 Å². The summed E-state index contributed by atoms with van der Waals surface area (Å²) in [5, 5.41) is 0. The third kappa shape index (κ3) is 1.86. The van der Waals surface area contributed by atoms with Gasteiger partial charge in [-0.1, -0.05) is 6.07 Å². The Morgan fingerprint density at radius 3 is 2.33 bits per heavy atom. The Hall–Kier alpha value is -1.38. The number of pyridine rings is 1. The van der Waals surface area contributed by atoms with Crippen LogP contribution >= 0.6 is 0 Å². The average molecular weight is 282 g/mol. The van der Waals surface area contributed by atoms with Gasteiger partial charge in [0.2, 0.25) is 5.90 Å². The normalized spacial score (nSPS) is 43.7. The Kier molecular flexibility index (Phi) is 2.50. The third-order valence-corrected chi connectivity index (χ3v) is 6.33. The summed E-state index contributed by atoms with van der Waals surface area (Å²) in [6.07, 6.45) is 10.5. The van der Waals surface area contributed by atoms with E-state index in [0.29, 0.717) is 11.5 Å². The van der Waals surface area contributed by atoms with Crippen molar-refractivity contribution in [2.24, 2.45) is 28.2 Å². The van der Waals surface area contributed by atoms with Gasteiger partial charge in [-0.2, -0.15) is 0 Å². The topological polar surface area (TPSA) is 34.5 Å². The van der Waals surface area contributed by atoms with Crippen LogP contribution in [0.25, 0.3) is 0 Å². The van der Waals surface area contributed by atoms with Crippen LogP contribution in [0.15, 0.2) is 29.4 Å². The molecule has 5 aliphatic rings. The molecule has 3 nitrogen and oxygen atoms in total. The monoisotopic (exact) mass is 282 g/mol. The van der Waals surface area contributed by atoms with Gasteiger partial charge in [-0.15, -0.1) is 0 Å². The molecule has 4 aliphatic carbocycles. The predicted octanol–water partition coefficient (Wildman–Crippen LogP) is 3.44. The number of rotatable bonds is 2. The van der Waals surface area contributed by atoms with E-state index in [2.05, 4.69) is 4.98 Å². The van der Waals surface area contributed by atoms with Gasteiger partial charge in [-0.3, -0.25) is 4.98 Å². The highest BCUT2D eigenvalue weighted by Crippen LogP contribution is 2.62. The Morgan fingerprint density at radius 1 is 1.00 bits per heavy atom. The van der Waals surface area contributed by atoms with E-state index in [1.807, 2.05) is 24.4 Å². The van der Waals surface area contributed by atoms with Gasteiger partial charge in [0.05, 0.1) is 6.04 Å². The van der Waals surface area contributed by atoms with Crippen LogP contribution < -0.4 is 0 Å². The number of nitrogens with zero attached hydrogens (tertiary/aromatic N) is 2. The zero-order valence-electron chi connectivity index (χ0n) is 12.4. The molecule has 0 saturated heterocycles.